The van der Waals surface area contributed by atoms with Gasteiger partial charge in [-0.05, 0) is 62.6 Å². The lowest BCUT2D eigenvalue weighted by atomic mass is 10.0. The molecule has 1 unspecified atom stereocenters. The molecule has 122 valence electrons. The second-order valence-electron chi connectivity index (χ2n) is 6.89. The molecule has 1 aromatic carbocycles. The standard InChI is InChI=1S/C19H25N3O/c1-14(21-12-15-6-8-20-9-7-15)10-16-4-5-18-17(11-16)22-13-19(2,3)23-18/h4-9,11,14,21-22H,10,12-13H2,1-3H3. The van der Waals surface area contributed by atoms with Gasteiger partial charge in [0.05, 0.1) is 12.2 Å². The Labute approximate surface area is 138 Å². The molecule has 3 rings (SSSR count). The van der Waals surface area contributed by atoms with Crippen molar-refractivity contribution >= 4 is 5.69 Å². The summed E-state index contributed by atoms with van der Waals surface area (Å²) in [5.41, 5.74) is 3.53. The first-order chi connectivity index (χ1) is 11.0. The first-order valence-electron chi connectivity index (χ1n) is 8.20. The number of ether oxygens (including phenoxy) is 1. The lowest BCUT2D eigenvalue weighted by Gasteiger charge is -2.33. The number of aromatic nitrogens is 1. The van der Waals surface area contributed by atoms with E-state index in [1.54, 1.807) is 0 Å². The van der Waals surface area contributed by atoms with Gasteiger partial charge in [-0.3, -0.25) is 4.98 Å². The molecule has 1 aromatic heterocycles. The Hall–Kier alpha value is -2.07. The molecule has 0 bridgehead atoms. The number of nitrogens with one attached hydrogen (secondary N) is 2. The Morgan fingerprint density at radius 3 is 2.78 bits per heavy atom. The van der Waals surface area contributed by atoms with Crippen molar-refractivity contribution < 1.29 is 4.74 Å². The molecule has 2 heterocycles. The van der Waals surface area contributed by atoms with Gasteiger partial charge in [0.15, 0.2) is 0 Å². The van der Waals surface area contributed by atoms with Crippen molar-refractivity contribution in [2.75, 3.05) is 11.9 Å². The van der Waals surface area contributed by atoms with Gasteiger partial charge in [-0.25, -0.2) is 0 Å². The fourth-order valence-electron chi connectivity index (χ4n) is 2.79. The minimum absolute atomic E-state index is 0.145. The number of rotatable bonds is 5. The fourth-order valence-corrected chi connectivity index (χ4v) is 2.79. The van der Waals surface area contributed by atoms with Crippen LogP contribution in [0.1, 0.15) is 31.9 Å². The molecular formula is C19H25N3O. The molecule has 4 heteroatoms. The molecule has 0 aliphatic carbocycles. The van der Waals surface area contributed by atoms with Crippen LogP contribution in [0.2, 0.25) is 0 Å². The van der Waals surface area contributed by atoms with Crippen LogP contribution in [0, 0.1) is 0 Å². The van der Waals surface area contributed by atoms with Gasteiger partial charge >= 0.3 is 0 Å². The minimum atomic E-state index is -0.145. The Kier molecular flexibility index (Phi) is 4.53. The van der Waals surface area contributed by atoms with Crippen LogP contribution in [0.4, 0.5) is 5.69 Å². The van der Waals surface area contributed by atoms with Gasteiger partial charge in [0.25, 0.3) is 0 Å². The smallest absolute Gasteiger partial charge is 0.143 e. The van der Waals surface area contributed by atoms with Gasteiger partial charge in [-0.15, -0.1) is 0 Å². The van der Waals surface area contributed by atoms with Crippen LogP contribution in [0.5, 0.6) is 5.75 Å². The van der Waals surface area contributed by atoms with Crippen molar-refractivity contribution in [3.05, 3.63) is 53.9 Å². The third kappa shape index (κ3) is 4.23. The van der Waals surface area contributed by atoms with Crippen molar-refractivity contribution in [2.24, 2.45) is 0 Å². The molecule has 0 amide bonds. The second kappa shape index (κ2) is 6.59. The predicted molar refractivity (Wildman–Crippen MR) is 93.9 cm³/mol. The number of pyridine rings is 1. The van der Waals surface area contributed by atoms with E-state index in [0.717, 1.165) is 30.9 Å². The van der Waals surface area contributed by atoms with E-state index in [0.29, 0.717) is 6.04 Å². The van der Waals surface area contributed by atoms with Crippen LogP contribution in [-0.4, -0.2) is 23.2 Å². The first kappa shape index (κ1) is 15.8. The highest BCUT2D eigenvalue weighted by atomic mass is 16.5. The molecule has 1 aliphatic rings. The van der Waals surface area contributed by atoms with Crippen LogP contribution in [0.3, 0.4) is 0 Å². The third-order valence-electron chi connectivity index (χ3n) is 4.08. The van der Waals surface area contributed by atoms with E-state index in [9.17, 15) is 0 Å². The minimum Gasteiger partial charge on any atom is -0.484 e. The monoisotopic (exact) mass is 311 g/mol. The van der Waals surface area contributed by atoms with E-state index in [2.05, 4.69) is 54.6 Å². The maximum absolute atomic E-state index is 6.00. The van der Waals surface area contributed by atoms with Gasteiger partial charge in [0.2, 0.25) is 0 Å². The summed E-state index contributed by atoms with van der Waals surface area (Å²) in [4.78, 5) is 4.04. The van der Waals surface area contributed by atoms with Crippen LogP contribution < -0.4 is 15.4 Å². The summed E-state index contributed by atoms with van der Waals surface area (Å²) in [5, 5.41) is 7.03. The Balaban J connectivity index is 1.58. The van der Waals surface area contributed by atoms with E-state index in [4.69, 9.17) is 4.74 Å². The molecule has 2 N–H and O–H groups in total. The van der Waals surface area contributed by atoms with Crippen molar-refractivity contribution in [2.45, 2.75) is 45.4 Å². The molecule has 0 saturated carbocycles. The molecule has 0 radical (unpaired) electrons. The number of anilines is 1. The Morgan fingerprint density at radius 1 is 1.22 bits per heavy atom. The van der Waals surface area contributed by atoms with Crippen LogP contribution in [0.15, 0.2) is 42.7 Å². The average molecular weight is 311 g/mol. The molecule has 4 nitrogen and oxygen atoms in total. The maximum Gasteiger partial charge on any atom is 0.143 e. The Bertz CT molecular complexity index is 655. The molecule has 0 saturated heterocycles. The average Bonchev–Trinajstić information content (AvgIpc) is 2.53. The van der Waals surface area contributed by atoms with E-state index in [1.165, 1.54) is 11.1 Å². The molecule has 0 fully saturated rings. The zero-order chi connectivity index (χ0) is 16.3. The Morgan fingerprint density at radius 2 is 2.00 bits per heavy atom. The predicted octanol–water partition coefficient (Wildman–Crippen LogP) is 3.39. The van der Waals surface area contributed by atoms with Gasteiger partial charge < -0.3 is 15.4 Å². The number of fused-ring (bicyclic) bond motifs is 1. The fraction of sp³-hybridized carbons (Fsp3) is 0.421. The molecule has 23 heavy (non-hydrogen) atoms. The highest BCUT2D eigenvalue weighted by molar-refractivity contribution is 5.60. The molecule has 1 atom stereocenters. The summed E-state index contributed by atoms with van der Waals surface area (Å²) in [6.07, 6.45) is 4.65. The SMILES string of the molecule is CC(Cc1ccc2c(c1)NCC(C)(C)O2)NCc1ccncc1. The molecule has 0 spiro atoms. The lowest BCUT2D eigenvalue weighted by molar-refractivity contribution is 0.116. The van der Waals surface area contributed by atoms with Crippen molar-refractivity contribution in [3.63, 3.8) is 0 Å². The second-order valence-corrected chi connectivity index (χ2v) is 6.89. The largest absolute Gasteiger partial charge is 0.484 e. The van der Waals surface area contributed by atoms with Gasteiger partial charge in [0, 0.05) is 25.0 Å². The summed E-state index contributed by atoms with van der Waals surface area (Å²) in [7, 11) is 0. The van der Waals surface area contributed by atoms with Crippen LogP contribution >= 0.6 is 0 Å². The first-order valence-corrected chi connectivity index (χ1v) is 8.20. The zero-order valence-corrected chi connectivity index (χ0v) is 14.1. The summed E-state index contributed by atoms with van der Waals surface area (Å²) in [6, 6.07) is 10.9. The quantitative estimate of drug-likeness (QED) is 0.888. The molecular weight excluding hydrogens is 286 g/mol. The van der Waals surface area contributed by atoms with E-state index in [1.807, 2.05) is 24.5 Å². The molecule has 2 aromatic rings. The highest BCUT2D eigenvalue weighted by Crippen LogP contribution is 2.33. The summed E-state index contributed by atoms with van der Waals surface area (Å²) in [6.45, 7) is 8.11. The van der Waals surface area contributed by atoms with Crippen molar-refractivity contribution in [1.82, 2.24) is 10.3 Å². The van der Waals surface area contributed by atoms with E-state index in [-0.39, 0.29) is 5.60 Å². The third-order valence-corrected chi connectivity index (χ3v) is 4.08. The van der Waals surface area contributed by atoms with Gasteiger partial charge in [-0.2, -0.15) is 0 Å². The normalized spacial score (nSPS) is 16.8. The summed E-state index contributed by atoms with van der Waals surface area (Å²) in [5.74, 6) is 0.947. The molecule has 1 aliphatic heterocycles. The number of hydrogen-bond donors (Lipinski definition) is 2. The number of benzene rings is 1. The number of nitrogens with zero attached hydrogens (tertiary/aromatic N) is 1. The van der Waals surface area contributed by atoms with Gasteiger partial charge in [0.1, 0.15) is 11.4 Å². The maximum atomic E-state index is 6.00. The zero-order valence-electron chi connectivity index (χ0n) is 14.1. The summed E-state index contributed by atoms with van der Waals surface area (Å²) < 4.78 is 6.00. The van der Waals surface area contributed by atoms with Crippen LogP contribution in [-0.2, 0) is 13.0 Å². The topological polar surface area (TPSA) is 46.2 Å². The van der Waals surface area contributed by atoms with Crippen LogP contribution in [0.25, 0.3) is 0 Å². The summed E-state index contributed by atoms with van der Waals surface area (Å²) >= 11 is 0. The highest BCUT2D eigenvalue weighted by Gasteiger charge is 2.26. The number of hydrogen-bond acceptors (Lipinski definition) is 4. The lowest BCUT2D eigenvalue weighted by Crippen LogP contribution is -2.40. The van der Waals surface area contributed by atoms with Crippen molar-refractivity contribution in [1.29, 1.82) is 0 Å². The van der Waals surface area contributed by atoms with E-state index < -0.39 is 0 Å². The van der Waals surface area contributed by atoms with Gasteiger partial charge in [-0.1, -0.05) is 6.07 Å². The van der Waals surface area contributed by atoms with Crippen molar-refractivity contribution in [3.8, 4) is 5.75 Å². The van der Waals surface area contributed by atoms with E-state index >= 15 is 0 Å².